The predicted octanol–water partition coefficient (Wildman–Crippen LogP) is 1.68. The van der Waals surface area contributed by atoms with E-state index in [2.05, 4.69) is 20.2 Å². The molecule has 0 N–H and O–H groups in total. The lowest BCUT2D eigenvalue weighted by molar-refractivity contribution is 0.0821. The van der Waals surface area contributed by atoms with Crippen LogP contribution in [-0.2, 0) is 4.74 Å². The molecule has 2 heterocycles. The second-order valence-electron chi connectivity index (χ2n) is 4.81. The van der Waals surface area contributed by atoms with Crippen LogP contribution >= 0.6 is 0 Å². The molecule has 0 amide bonds. The average molecular weight is 222 g/mol. The van der Waals surface area contributed by atoms with Gasteiger partial charge in [-0.1, -0.05) is 12.8 Å². The van der Waals surface area contributed by atoms with Gasteiger partial charge in [-0.2, -0.15) is 0 Å². The summed E-state index contributed by atoms with van der Waals surface area (Å²) in [6.07, 6.45) is 7.23. The van der Waals surface area contributed by atoms with Gasteiger partial charge in [-0.15, -0.1) is 5.10 Å². The van der Waals surface area contributed by atoms with Crippen LogP contribution in [-0.4, -0.2) is 33.4 Å². The van der Waals surface area contributed by atoms with Gasteiger partial charge < -0.3 is 4.74 Å². The molecule has 3 rings (SSSR count). The summed E-state index contributed by atoms with van der Waals surface area (Å²) < 4.78 is 7.47. The lowest BCUT2D eigenvalue weighted by Gasteiger charge is -2.22. The topological polar surface area (TPSA) is 52.8 Å². The van der Waals surface area contributed by atoms with Crippen LogP contribution in [0.25, 0.3) is 0 Å². The second kappa shape index (κ2) is 4.49. The van der Waals surface area contributed by atoms with Gasteiger partial charge in [0.2, 0.25) is 0 Å². The Morgan fingerprint density at radius 2 is 1.81 bits per heavy atom. The van der Waals surface area contributed by atoms with Crippen molar-refractivity contribution in [2.24, 2.45) is 0 Å². The van der Waals surface area contributed by atoms with Gasteiger partial charge in [-0.05, 0) is 36.1 Å². The number of hydrogen-bond donors (Lipinski definition) is 0. The Morgan fingerprint density at radius 1 is 1.06 bits per heavy atom. The quantitative estimate of drug-likeness (QED) is 0.764. The van der Waals surface area contributed by atoms with Gasteiger partial charge in [0.15, 0.2) is 5.82 Å². The van der Waals surface area contributed by atoms with Gasteiger partial charge in [-0.25, -0.2) is 4.68 Å². The highest BCUT2D eigenvalue weighted by Crippen LogP contribution is 2.32. The summed E-state index contributed by atoms with van der Waals surface area (Å²) in [5.41, 5.74) is 0. The zero-order valence-corrected chi connectivity index (χ0v) is 9.51. The van der Waals surface area contributed by atoms with E-state index in [0.717, 1.165) is 31.9 Å². The van der Waals surface area contributed by atoms with Crippen LogP contribution in [0.5, 0.6) is 0 Å². The molecule has 0 bridgehead atoms. The van der Waals surface area contributed by atoms with Crippen molar-refractivity contribution >= 4 is 0 Å². The molecule has 16 heavy (non-hydrogen) atoms. The third kappa shape index (κ3) is 1.84. The molecule has 1 saturated carbocycles. The van der Waals surface area contributed by atoms with Crippen LogP contribution in [0.3, 0.4) is 0 Å². The van der Waals surface area contributed by atoms with E-state index < -0.39 is 0 Å². The third-order valence-electron chi connectivity index (χ3n) is 3.78. The van der Waals surface area contributed by atoms with Crippen LogP contribution in [0.4, 0.5) is 0 Å². The largest absolute Gasteiger partial charge is 0.381 e. The first-order chi connectivity index (χ1) is 7.95. The normalized spacial score (nSPS) is 24.0. The van der Waals surface area contributed by atoms with Gasteiger partial charge in [0.05, 0.1) is 6.04 Å². The maximum absolute atomic E-state index is 5.39. The van der Waals surface area contributed by atoms with Gasteiger partial charge in [0.25, 0.3) is 0 Å². The van der Waals surface area contributed by atoms with E-state index in [0.29, 0.717) is 12.0 Å². The van der Waals surface area contributed by atoms with Crippen molar-refractivity contribution in [3.63, 3.8) is 0 Å². The minimum Gasteiger partial charge on any atom is -0.381 e. The second-order valence-corrected chi connectivity index (χ2v) is 4.81. The summed E-state index contributed by atoms with van der Waals surface area (Å²) >= 11 is 0. The Kier molecular flexibility index (Phi) is 2.86. The fourth-order valence-corrected chi connectivity index (χ4v) is 2.83. The highest BCUT2D eigenvalue weighted by atomic mass is 16.5. The monoisotopic (exact) mass is 222 g/mol. The summed E-state index contributed by atoms with van der Waals surface area (Å²) in [6, 6.07) is 0.549. The number of nitrogens with zero attached hydrogens (tertiary/aromatic N) is 4. The average Bonchev–Trinajstić information content (AvgIpc) is 3.01. The fourth-order valence-electron chi connectivity index (χ4n) is 2.83. The molecule has 0 spiro atoms. The highest BCUT2D eigenvalue weighted by Gasteiger charge is 2.27. The standard InChI is InChI=1S/C11H18N4O/c1-2-4-10(3-1)15-11(12-13-14-15)9-5-7-16-8-6-9/h9-10H,1-8H2. The van der Waals surface area contributed by atoms with Crippen LogP contribution in [0.2, 0.25) is 0 Å². The summed E-state index contributed by atoms with van der Waals surface area (Å²) in [4.78, 5) is 0. The SMILES string of the molecule is C1CCC(n2nnnc2C2CCOCC2)C1. The van der Waals surface area contributed by atoms with Crippen LogP contribution in [0.1, 0.15) is 56.3 Å². The number of rotatable bonds is 2. The summed E-state index contributed by atoms with van der Waals surface area (Å²) in [6.45, 7) is 1.70. The lowest BCUT2D eigenvalue weighted by atomic mass is 9.99. The zero-order chi connectivity index (χ0) is 10.8. The first kappa shape index (κ1) is 10.2. The number of ether oxygens (including phenoxy) is 1. The molecular formula is C11H18N4O. The molecule has 1 aromatic heterocycles. The van der Waals surface area contributed by atoms with Crippen LogP contribution in [0.15, 0.2) is 0 Å². The van der Waals surface area contributed by atoms with Crippen molar-refractivity contribution in [3.05, 3.63) is 5.82 Å². The summed E-state index contributed by atoms with van der Waals surface area (Å²) in [7, 11) is 0. The van der Waals surface area contributed by atoms with E-state index in [1.165, 1.54) is 25.7 Å². The van der Waals surface area contributed by atoms with Crippen molar-refractivity contribution < 1.29 is 4.74 Å². The van der Waals surface area contributed by atoms with Gasteiger partial charge in [0.1, 0.15) is 0 Å². The Bertz CT molecular complexity index is 340. The molecule has 1 aliphatic carbocycles. The smallest absolute Gasteiger partial charge is 0.154 e. The first-order valence-corrected chi connectivity index (χ1v) is 6.30. The van der Waals surface area contributed by atoms with E-state index in [1.807, 2.05) is 0 Å². The molecule has 1 aliphatic heterocycles. The molecule has 2 aliphatic rings. The number of tetrazole rings is 1. The Morgan fingerprint density at radius 3 is 2.56 bits per heavy atom. The molecule has 1 aromatic rings. The maximum atomic E-state index is 5.39. The van der Waals surface area contributed by atoms with Crippen molar-refractivity contribution in [3.8, 4) is 0 Å². The lowest BCUT2D eigenvalue weighted by Crippen LogP contribution is -2.20. The van der Waals surface area contributed by atoms with E-state index >= 15 is 0 Å². The fraction of sp³-hybridized carbons (Fsp3) is 0.909. The predicted molar refractivity (Wildman–Crippen MR) is 58.1 cm³/mol. The molecule has 0 atom stereocenters. The number of hydrogen-bond acceptors (Lipinski definition) is 4. The molecule has 0 radical (unpaired) electrons. The van der Waals surface area contributed by atoms with Crippen LogP contribution in [0, 0.1) is 0 Å². The molecular weight excluding hydrogens is 204 g/mol. The van der Waals surface area contributed by atoms with Gasteiger partial charge in [0, 0.05) is 19.1 Å². The molecule has 88 valence electrons. The highest BCUT2D eigenvalue weighted by molar-refractivity contribution is 4.97. The van der Waals surface area contributed by atoms with Crippen molar-refractivity contribution in [2.75, 3.05) is 13.2 Å². The van der Waals surface area contributed by atoms with E-state index in [1.54, 1.807) is 0 Å². The van der Waals surface area contributed by atoms with Crippen molar-refractivity contribution in [2.45, 2.75) is 50.5 Å². The third-order valence-corrected chi connectivity index (χ3v) is 3.78. The zero-order valence-electron chi connectivity index (χ0n) is 9.51. The molecule has 5 heteroatoms. The minimum atomic E-state index is 0.504. The van der Waals surface area contributed by atoms with E-state index in [-0.39, 0.29) is 0 Å². The number of aromatic nitrogens is 4. The van der Waals surface area contributed by atoms with Crippen LogP contribution < -0.4 is 0 Å². The Balaban J connectivity index is 1.80. The van der Waals surface area contributed by atoms with Gasteiger partial charge >= 0.3 is 0 Å². The Labute approximate surface area is 95.2 Å². The van der Waals surface area contributed by atoms with E-state index in [4.69, 9.17) is 4.74 Å². The molecule has 2 fully saturated rings. The summed E-state index contributed by atoms with van der Waals surface area (Å²) in [5.74, 6) is 1.60. The summed E-state index contributed by atoms with van der Waals surface area (Å²) in [5, 5.41) is 12.3. The molecule has 0 aromatic carbocycles. The molecule has 0 unspecified atom stereocenters. The van der Waals surface area contributed by atoms with Crippen molar-refractivity contribution in [1.29, 1.82) is 0 Å². The molecule has 1 saturated heterocycles. The van der Waals surface area contributed by atoms with E-state index in [9.17, 15) is 0 Å². The minimum absolute atomic E-state index is 0.504. The Hall–Kier alpha value is -0.970. The first-order valence-electron chi connectivity index (χ1n) is 6.30. The maximum Gasteiger partial charge on any atom is 0.154 e. The molecule has 5 nitrogen and oxygen atoms in total. The van der Waals surface area contributed by atoms with Crippen molar-refractivity contribution in [1.82, 2.24) is 20.2 Å². The van der Waals surface area contributed by atoms with Gasteiger partial charge in [-0.3, -0.25) is 0 Å².